The number of benzene rings is 2. The quantitative estimate of drug-likeness (QED) is 0.605. The number of amides is 5. The van der Waals surface area contributed by atoms with Crippen molar-refractivity contribution in [3.8, 4) is 0 Å². The Kier molecular flexibility index (Phi) is 4.62. The molecule has 1 saturated heterocycles. The molecule has 2 aliphatic rings. The van der Waals surface area contributed by atoms with Crippen molar-refractivity contribution in [3.05, 3.63) is 70.2 Å². The van der Waals surface area contributed by atoms with E-state index in [4.69, 9.17) is 11.6 Å². The van der Waals surface area contributed by atoms with Crippen molar-refractivity contribution in [2.45, 2.75) is 18.9 Å². The van der Waals surface area contributed by atoms with Crippen LogP contribution in [0, 0.1) is 0 Å². The van der Waals surface area contributed by atoms with Crippen LogP contribution in [0.4, 0.5) is 4.79 Å². The van der Waals surface area contributed by atoms with Gasteiger partial charge in [-0.15, -0.1) is 0 Å². The number of hydrogen-bond donors (Lipinski definition) is 1. The minimum absolute atomic E-state index is 0.0985. The van der Waals surface area contributed by atoms with Gasteiger partial charge in [-0.1, -0.05) is 35.9 Å². The number of nitrogens with one attached hydrogen (secondary N) is 1. The third-order valence-corrected chi connectivity index (χ3v) is 5.59. The average Bonchev–Trinajstić information content (AvgIpc) is 3.08. The Morgan fingerprint density at radius 1 is 0.862 bits per heavy atom. The molecule has 0 radical (unpaired) electrons. The SMILES string of the molecule is CC1(c2ccc(Cl)cc2)NC(=O)N(CCCN2C(=O)c3ccccc3C2=O)C1=O. The zero-order chi connectivity index (χ0) is 20.8. The summed E-state index contributed by atoms with van der Waals surface area (Å²) in [6.07, 6.45) is 0.293. The van der Waals surface area contributed by atoms with Crippen LogP contribution in [0.2, 0.25) is 5.02 Å². The van der Waals surface area contributed by atoms with E-state index < -0.39 is 11.6 Å². The molecule has 1 unspecified atom stereocenters. The molecule has 2 aromatic rings. The topological polar surface area (TPSA) is 86.8 Å². The van der Waals surface area contributed by atoms with Gasteiger partial charge in [-0.25, -0.2) is 4.79 Å². The Morgan fingerprint density at radius 2 is 1.41 bits per heavy atom. The summed E-state index contributed by atoms with van der Waals surface area (Å²) in [7, 11) is 0. The predicted molar refractivity (Wildman–Crippen MR) is 105 cm³/mol. The van der Waals surface area contributed by atoms with Crippen molar-refractivity contribution in [2.75, 3.05) is 13.1 Å². The summed E-state index contributed by atoms with van der Waals surface area (Å²) >= 11 is 5.90. The number of carbonyl (C=O) groups excluding carboxylic acids is 4. The molecular formula is C21H18ClN3O4. The van der Waals surface area contributed by atoms with Gasteiger partial charge in [0.25, 0.3) is 17.7 Å². The van der Waals surface area contributed by atoms with Gasteiger partial charge in [0.1, 0.15) is 5.54 Å². The van der Waals surface area contributed by atoms with Crippen molar-refractivity contribution in [1.82, 2.24) is 15.1 Å². The van der Waals surface area contributed by atoms with E-state index in [0.29, 0.717) is 28.1 Å². The first-order valence-electron chi connectivity index (χ1n) is 9.18. The van der Waals surface area contributed by atoms with Gasteiger partial charge in [0.2, 0.25) is 0 Å². The Labute approximate surface area is 172 Å². The zero-order valence-electron chi connectivity index (χ0n) is 15.6. The van der Waals surface area contributed by atoms with Gasteiger partial charge in [-0.2, -0.15) is 0 Å². The summed E-state index contributed by atoms with van der Waals surface area (Å²) < 4.78 is 0. The minimum atomic E-state index is -1.18. The largest absolute Gasteiger partial charge is 0.325 e. The van der Waals surface area contributed by atoms with Crippen LogP contribution in [0.5, 0.6) is 0 Å². The second kappa shape index (κ2) is 7.00. The second-order valence-electron chi connectivity index (χ2n) is 7.18. The van der Waals surface area contributed by atoms with E-state index in [-0.39, 0.29) is 30.8 Å². The molecule has 1 N–H and O–H groups in total. The van der Waals surface area contributed by atoms with Crippen LogP contribution in [0.3, 0.4) is 0 Å². The molecule has 1 atom stereocenters. The van der Waals surface area contributed by atoms with Crippen LogP contribution in [0.1, 0.15) is 39.6 Å². The normalized spacial score (nSPS) is 21.0. The van der Waals surface area contributed by atoms with Gasteiger partial charge in [0.05, 0.1) is 11.1 Å². The highest BCUT2D eigenvalue weighted by Crippen LogP contribution is 2.30. The summed E-state index contributed by atoms with van der Waals surface area (Å²) in [4.78, 5) is 52.4. The fourth-order valence-corrected chi connectivity index (χ4v) is 3.83. The van der Waals surface area contributed by atoms with Crippen molar-refractivity contribution < 1.29 is 19.2 Å². The molecule has 0 spiro atoms. The van der Waals surface area contributed by atoms with E-state index >= 15 is 0 Å². The second-order valence-corrected chi connectivity index (χ2v) is 7.62. The lowest BCUT2D eigenvalue weighted by molar-refractivity contribution is -0.131. The number of carbonyl (C=O) groups is 4. The summed E-state index contributed by atoms with van der Waals surface area (Å²) in [6.45, 7) is 1.86. The fraction of sp³-hybridized carbons (Fsp3) is 0.238. The van der Waals surface area contributed by atoms with Gasteiger partial charge >= 0.3 is 6.03 Å². The lowest BCUT2D eigenvalue weighted by Crippen LogP contribution is -2.41. The Hall–Kier alpha value is -3.19. The first-order chi connectivity index (χ1) is 13.8. The first-order valence-corrected chi connectivity index (χ1v) is 9.56. The molecule has 2 aromatic carbocycles. The highest BCUT2D eigenvalue weighted by Gasteiger charge is 2.48. The van der Waals surface area contributed by atoms with Gasteiger partial charge in [0, 0.05) is 18.1 Å². The van der Waals surface area contributed by atoms with Crippen LogP contribution in [-0.4, -0.2) is 46.6 Å². The van der Waals surface area contributed by atoms with Gasteiger partial charge < -0.3 is 5.32 Å². The van der Waals surface area contributed by atoms with E-state index in [1.807, 2.05) is 0 Å². The lowest BCUT2D eigenvalue weighted by atomic mass is 9.92. The Morgan fingerprint density at radius 3 is 2.00 bits per heavy atom. The van der Waals surface area contributed by atoms with Gasteiger partial charge in [-0.3, -0.25) is 24.2 Å². The molecule has 29 heavy (non-hydrogen) atoms. The third kappa shape index (κ3) is 3.07. The van der Waals surface area contributed by atoms with Crippen LogP contribution in [0.25, 0.3) is 0 Å². The molecule has 8 heteroatoms. The highest BCUT2D eigenvalue weighted by molar-refractivity contribution is 6.30. The summed E-state index contributed by atoms with van der Waals surface area (Å²) in [5.74, 6) is -1.09. The lowest BCUT2D eigenvalue weighted by Gasteiger charge is -2.22. The molecule has 0 aliphatic carbocycles. The number of rotatable bonds is 5. The molecule has 2 aliphatic heterocycles. The maximum atomic E-state index is 12.9. The van der Waals surface area contributed by atoms with Crippen LogP contribution < -0.4 is 5.32 Å². The van der Waals surface area contributed by atoms with Crippen LogP contribution >= 0.6 is 11.6 Å². The number of imide groups is 2. The van der Waals surface area contributed by atoms with Gasteiger partial charge in [0.15, 0.2) is 0 Å². The molecule has 0 saturated carbocycles. The molecule has 148 valence electrons. The van der Waals surface area contributed by atoms with E-state index in [9.17, 15) is 19.2 Å². The average molecular weight is 412 g/mol. The molecule has 2 heterocycles. The fourth-order valence-electron chi connectivity index (χ4n) is 3.71. The number of halogens is 1. The molecule has 0 aromatic heterocycles. The van der Waals surface area contributed by atoms with Crippen molar-refractivity contribution >= 4 is 35.4 Å². The number of hydrogen-bond acceptors (Lipinski definition) is 4. The first kappa shape index (κ1) is 19.1. The molecule has 7 nitrogen and oxygen atoms in total. The van der Waals surface area contributed by atoms with Gasteiger partial charge in [-0.05, 0) is 43.2 Å². The molecule has 4 rings (SSSR count). The van der Waals surface area contributed by atoms with E-state index in [1.165, 1.54) is 0 Å². The summed E-state index contributed by atoms with van der Waals surface area (Å²) in [5, 5.41) is 3.26. The van der Waals surface area contributed by atoms with Crippen molar-refractivity contribution in [3.63, 3.8) is 0 Å². The number of nitrogens with zero attached hydrogens (tertiary/aromatic N) is 2. The Balaban J connectivity index is 1.43. The molecular weight excluding hydrogens is 394 g/mol. The van der Waals surface area contributed by atoms with E-state index in [2.05, 4.69) is 5.32 Å². The minimum Gasteiger partial charge on any atom is -0.319 e. The Bertz CT molecular complexity index is 1000. The number of urea groups is 1. The van der Waals surface area contributed by atoms with Crippen molar-refractivity contribution in [1.29, 1.82) is 0 Å². The maximum Gasteiger partial charge on any atom is 0.325 e. The van der Waals surface area contributed by atoms with E-state index in [0.717, 1.165) is 9.80 Å². The predicted octanol–water partition coefficient (Wildman–Crippen LogP) is 2.79. The maximum absolute atomic E-state index is 12.9. The van der Waals surface area contributed by atoms with Crippen LogP contribution in [0.15, 0.2) is 48.5 Å². The molecule has 5 amide bonds. The smallest absolute Gasteiger partial charge is 0.319 e. The summed E-state index contributed by atoms with van der Waals surface area (Å²) in [6, 6.07) is 12.9. The van der Waals surface area contributed by atoms with E-state index in [1.54, 1.807) is 55.5 Å². The third-order valence-electron chi connectivity index (χ3n) is 5.34. The monoisotopic (exact) mass is 411 g/mol. The zero-order valence-corrected chi connectivity index (χ0v) is 16.4. The molecule has 0 bridgehead atoms. The van der Waals surface area contributed by atoms with Crippen molar-refractivity contribution in [2.24, 2.45) is 0 Å². The molecule has 1 fully saturated rings. The number of fused-ring (bicyclic) bond motifs is 1. The standard InChI is InChI=1S/C21H18ClN3O4/c1-21(13-7-9-14(22)10-8-13)19(28)25(20(29)23-21)12-4-11-24-17(26)15-5-2-3-6-16(15)18(24)27/h2-3,5-10H,4,11-12H2,1H3,(H,23,29). The highest BCUT2D eigenvalue weighted by atomic mass is 35.5. The van der Waals surface area contributed by atoms with Crippen LogP contribution in [-0.2, 0) is 10.3 Å². The summed E-state index contributed by atoms with van der Waals surface area (Å²) in [5.41, 5.74) is 0.200.